The van der Waals surface area contributed by atoms with Crippen LogP contribution in [0.15, 0.2) is 0 Å². The normalized spacial score (nSPS) is 43.6. The van der Waals surface area contributed by atoms with Gasteiger partial charge in [-0.15, -0.1) is 0 Å². The summed E-state index contributed by atoms with van der Waals surface area (Å²) in [5, 5.41) is 3.33. The molecule has 0 aromatic rings. The number of hydrogen-bond acceptors (Lipinski definition) is 2. The summed E-state index contributed by atoms with van der Waals surface area (Å²) in [7, 11) is 3.84. The van der Waals surface area contributed by atoms with Gasteiger partial charge in [-0.1, -0.05) is 13.8 Å². The van der Waals surface area contributed by atoms with Crippen molar-refractivity contribution in [2.75, 3.05) is 14.2 Å². The van der Waals surface area contributed by atoms with Crippen LogP contribution in [0.2, 0.25) is 0 Å². The lowest BCUT2D eigenvalue weighted by Crippen LogP contribution is -2.61. The van der Waals surface area contributed by atoms with E-state index < -0.39 is 0 Å². The molecular weight excluding hydrogens is 138 g/mol. The Balaban J connectivity index is 2.55. The van der Waals surface area contributed by atoms with E-state index in [-0.39, 0.29) is 0 Å². The van der Waals surface area contributed by atoms with Crippen molar-refractivity contribution in [2.24, 2.45) is 5.41 Å². The molecule has 3 unspecified atom stereocenters. The summed E-state index contributed by atoms with van der Waals surface area (Å²) in [6, 6.07) is 0.650. The van der Waals surface area contributed by atoms with Gasteiger partial charge in [0, 0.05) is 18.6 Å². The van der Waals surface area contributed by atoms with Crippen LogP contribution in [0, 0.1) is 5.41 Å². The Bertz CT molecular complexity index is 126. The molecule has 0 amide bonds. The van der Waals surface area contributed by atoms with E-state index in [0.29, 0.717) is 17.6 Å². The van der Waals surface area contributed by atoms with Crippen molar-refractivity contribution in [3.05, 3.63) is 0 Å². The average Bonchev–Trinajstić information content (AvgIpc) is 2.03. The van der Waals surface area contributed by atoms with Crippen LogP contribution in [0.5, 0.6) is 0 Å². The fraction of sp³-hybridized carbons (Fsp3) is 1.00. The number of hydrogen-bond donors (Lipinski definition) is 1. The van der Waals surface area contributed by atoms with Gasteiger partial charge in [-0.3, -0.25) is 0 Å². The maximum Gasteiger partial charge on any atom is 0.0654 e. The van der Waals surface area contributed by atoms with Gasteiger partial charge < -0.3 is 10.1 Å². The highest BCUT2D eigenvalue weighted by Crippen LogP contribution is 2.45. The molecule has 1 saturated carbocycles. The van der Waals surface area contributed by atoms with Crippen LogP contribution in [0.1, 0.15) is 26.7 Å². The molecule has 0 aliphatic heterocycles. The maximum absolute atomic E-state index is 5.38. The zero-order chi connectivity index (χ0) is 8.48. The van der Waals surface area contributed by atoms with Gasteiger partial charge in [0.1, 0.15) is 0 Å². The Morgan fingerprint density at radius 1 is 1.64 bits per heavy atom. The van der Waals surface area contributed by atoms with Gasteiger partial charge in [-0.2, -0.15) is 0 Å². The van der Waals surface area contributed by atoms with Gasteiger partial charge in [-0.25, -0.2) is 0 Å². The van der Waals surface area contributed by atoms with E-state index in [2.05, 4.69) is 19.2 Å². The number of ether oxygens (including phenoxy) is 1. The molecule has 1 aliphatic carbocycles. The van der Waals surface area contributed by atoms with Crippen LogP contribution >= 0.6 is 0 Å². The largest absolute Gasteiger partial charge is 0.381 e. The molecule has 0 aromatic heterocycles. The lowest BCUT2D eigenvalue weighted by molar-refractivity contribution is -0.108. The van der Waals surface area contributed by atoms with E-state index in [1.807, 2.05) is 14.2 Å². The maximum atomic E-state index is 5.38. The minimum atomic E-state index is 0.365. The van der Waals surface area contributed by atoms with E-state index in [1.165, 1.54) is 6.42 Å². The smallest absolute Gasteiger partial charge is 0.0654 e. The third kappa shape index (κ3) is 1.18. The minimum Gasteiger partial charge on any atom is -0.381 e. The molecule has 3 atom stereocenters. The molecule has 66 valence electrons. The van der Waals surface area contributed by atoms with Crippen molar-refractivity contribution in [3.8, 4) is 0 Å². The number of methoxy groups -OCH3 is 1. The van der Waals surface area contributed by atoms with E-state index in [1.54, 1.807) is 0 Å². The van der Waals surface area contributed by atoms with E-state index in [9.17, 15) is 0 Å². The summed E-state index contributed by atoms with van der Waals surface area (Å²) >= 11 is 0. The summed E-state index contributed by atoms with van der Waals surface area (Å²) in [6.45, 7) is 4.53. The van der Waals surface area contributed by atoms with E-state index in [4.69, 9.17) is 4.74 Å². The molecule has 1 fully saturated rings. The molecule has 1 N–H and O–H groups in total. The third-order valence-corrected chi connectivity index (χ3v) is 3.38. The Labute approximate surface area is 69.3 Å². The fourth-order valence-corrected chi connectivity index (χ4v) is 2.10. The summed E-state index contributed by atoms with van der Waals surface area (Å²) in [5.41, 5.74) is 0.365. The highest BCUT2D eigenvalue weighted by Gasteiger charge is 2.49. The molecular formula is C9H19NO. The first-order valence-electron chi connectivity index (χ1n) is 4.39. The third-order valence-electron chi connectivity index (χ3n) is 3.38. The van der Waals surface area contributed by atoms with Gasteiger partial charge in [0.15, 0.2) is 0 Å². The van der Waals surface area contributed by atoms with Crippen LogP contribution in [-0.4, -0.2) is 26.3 Å². The first kappa shape index (κ1) is 9.01. The molecule has 2 nitrogen and oxygen atoms in total. The van der Waals surface area contributed by atoms with Crippen molar-refractivity contribution < 1.29 is 4.74 Å². The first-order chi connectivity index (χ1) is 5.19. The van der Waals surface area contributed by atoms with Gasteiger partial charge in [-0.05, 0) is 19.9 Å². The van der Waals surface area contributed by atoms with Crippen molar-refractivity contribution in [2.45, 2.75) is 38.8 Å². The lowest BCUT2D eigenvalue weighted by Gasteiger charge is -2.53. The van der Waals surface area contributed by atoms with Crippen molar-refractivity contribution >= 4 is 0 Å². The van der Waals surface area contributed by atoms with Crippen molar-refractivity contribution in [1.29, 1.82) is 0 Å². The first-order valence-corrected chi connectivity index (χ1v) is 4.39. The zero-order valence-corrected chi connectivity index (χ0v) is 7.98. The van der Waals surface area contributed by atoms with Gasteiger partial charge in [0.25, 0.3) is 0 Å². The molecule has 0 bridgehead atoms. The molecule has 1 aliphatic rings. The Morgan fingerprint density at radius 2 is 2.27 bits per heavy atom. The quantitative estimate of drug-likeness (QED) is 0.669. The second-order valence-corrected chi connectivity index (χ2v) is 3.66. The topological polar surface area (TPSA) is 21.3 Å². The highest BCUT2D eigenvalue weighted by molar-refractivity contribution is 5.03. The molecule has 0 heterocycles. The minimum absolute atomic E-state index is 0.365. The molecule has 0 saturated heterocycles. The molecule has 11 heavy (non-hydrogen) atoms. The predicted octanol–water partition coefficient (Wildman–Crippen LogP) is 1.41. The Hall–Kier alpha value is -0.0800. The monoisotopic (exact) mass is 157 g/mol. The predicted molar refractivity (Wildman–Crippen MR) is 46.7 cm³/mol. The molecule has 2 heteroatoms. The summed E-state index contributed by atoms with van der Waals surface area (Å²) in [5.74, 6) is 0. The second-order valence-electron chi connectivity index (χ2n) is 3.66. The molecule has 0 aromatic carbocycles. The zero-order valence-electron chi connectivity index (χ0n) is 7.98. The highest BCUT2D eigenvalue weighted by atomic mass is 16.5. The van der Waals surface area contributed by atoms with Crippen LogP contribution < -0.4 is 5.32 Å². The molecule has 0 radical (unpaired) electrons. The fourth-order valence-electron chi connectivity index (χ4n) is 2.10. The van der Waals surface area contributed by atoms with Gasteiger partial charge >= 0.3 is 0 Å². The van der Waals surface area contributed by atoms with Crippen molar-refractivity contribution in [3.63, 3.8) is 0 Å². The molecule has 1 rings (SSSR count). The average molecular weight is 157 g/mol. The Morgan fingerprint density at radius 3 is 2.64 bits per heavy atom. The Kier molecular flexibility index (Phi) is 2.55. The lowest BCUT2D eigenvalue weighted by atomic mass is 9.61. The van der Waals surface area contributed by atoms with Gasteiger partial charge in [0.2, 0.25) is 0 Å². The van der Waals surface area contributed by atoms with Gasteiger partial charge in [0.05, 0.1) is 6.10 Å². The van der Waals surface area contributed by atoms with Crippen LogP contribution in [0.25, 0.3) is 0 Å². The standard InChI is InChI=1S/C9H19NO/c1-5-9(2)7(10-3)6-8(9)11-4/h7-8,10H,5-6H2,1-4H3. The summed E-state index contributed by atoms with van der Waals surface area (Å²) in [6.07, 6.45) is 2.82. The van der Waals surface area contributed by atoms with Crippen molar-refractivity contribution in [1.82, 2.24) is 5.32 Å². The van der Waals surface area contributed by atoms with E-state index >= 15 is 0 Å². The van der Waals surface area contributed by atoms with Crippen LogP contribution in [0.3, 0.4) is 0 Å². The SMILES string of the molecule is CCC1(C)C(NC)CC1OC. The number of nitrogens with one attached hydrogen (secondary N) is 1. The van der Waals surface area contributed by atoms with E-state index in [0.717, 1.165) is 6.42 Å². The summed E-state index contributed by atoms with van der Waals surface area (Å²) in [4.78, 5) is 0. The van der Waals surface area contributed by atoms with Crippen LogP contribution in [0.4, 0.5) is 0 Å². The summed E-state index contributed by atoms with van der Waals surface area (Å²) < 4.78 is 5.38. The molecule has 0 spiro atoms. The second kappa shape index (κ2) is 3.11. The van der Waals surface area contributed by atoms with Crippen LogP contribution in [-0.2, 0) is 4.74 Å². The number of rotatable bonds is 3.